The monoisotopic (exact) mass is 320 g/mol. The third-order valence-electron chi connectivity index (χ3n) is 2.12. The van der Waals surface area contributed by atoms with Crippen molar-refractivity contribution in [1.82, 2.24) is 0 Å². The number of halogens is 2. The first-order valence-corrected chi connectivity index (χ1v) is 7.19. The van der Waals surface area contributed by atoms with Gasteiger partial charge in [0.25, 0.3) is 0 Å². The molecule has 0 bridgehead atoms. The zero-order valence-electron chi connectivity index (χ0n) is 10.2. The molecule has 0 spiro atoms. The summed E-state index contributed by atoms with van der Waals surface area (Å²) in [4.78, 5) is 0. The number of rotatable bonds is 7. The molecule has 0 N–H and O–H groups in total. The third-order valence-corrected chi connectivity index (χ3v) is 3.02. The minimum absolute atomic E-state index is 0.524. The second-order valence-corrected chi connectivity index (χ2v) is 5.15. The summed E-state index contributed by atoms with van der Waals surface area (Å²) in [5, 5.41) is 1.38. The maximum atomic E-state index is 6.08. The van der Waals surface area contributed by atoms with Gasteiger partial charge in [0.2, 0.25) is 0 Å². The van der Waals surface area contributed by atoms with Crippen LogP contribution in [0, 0.1) is 5.92 Å². The molecule has 0 aliphatic heterocycles. The molecule has 0 saturated heterocycles. The number of hydrogen-bond donors (Lipinski definition) is 0. The van der Waals surface area contributed by atoms with Gasteiger partial charge in [0.15, 0.2) is 0 Å². The Bertz CT molecular complexity index is 342. The van der Waals surface area contributed by atoms with Crippen molar-refractivity contribution in [2.45, 2.75) is 19.2 Å². The molecule has 0 amide bonds. The summed E-state index contributed by atoms with van der Waals surface area (Å²) < 4.78 is 11.1. The molecular formula is C13H18BrClO2. The van der Waals surface area contributed by atoms with E-state index in [1.165, 1.54) is 0 Å². The predicted octanol–water partition coefficient (Wildman–Crippen LogP) is 4.29. The van der Waals surface area contributed by atoms with Crippen molar-refractivity contribution in [2.75, 3.05) is 19.8 Å². The summed E-state index contributed by atoms with van der Waals surface area (Å²) in [6.07, 6.45) is 0. The van der Waals surface area contributed by atoms with Crippen molar-refractivity contribution in [3.8, 4) is 5.75 Å². The Hall–Kier alpha value is -0.250. The summed E-state index contributed by atoms with van der Waals surface area (Å²) in [7, 11) is 0. The SMILES string of the molecule is CC(C)COCCOc1c(Cl)cccc1CBr. The number of benzene rings is 1. The van der Waals surface area contributed by atoms with Gasteiger partial charge in [-0.25, -0.2) is 0 Å². The Morgan fingerprint density at radius 1 is 1.29 bits per heavy atom. The van der Waals surface area contributed by atoms with Gasteiger partial charge in [-0.2, -0.15) is 0 Å². The molecule has 1 aromatic carbocycles. The van der Waals surface area contributed by atoms with E-state index in [1.807, 2.05) is 18.2 Å². The van der Waals surface area contributed by atoms with Gasteiger partial charge in [-0.05, 0) is 12.0 Å². The summed E-state index contributed by atoms with van der Waals surface area (Å²) in [6, 6.07) is 5.74. The summed E-state index contributed by atoms with van der Waals surface area (Å²) in [5.74, 6) is 1.30. The van der Waals surface area contributed by atoms with Crippen LogP contribution < -0.4 is 4.74 Å². The molecule has 0 radical (unpaired) electrons. The van der Waals surface area contributed by atoms with Gasteiger partial charge in [-0.15, -0.1) is 0 Å². The van der Waals surface area contributed by atoms with Gasteiger partial charge in [-0.1, -0.05) is 53.5 Å². The molecule has 0 aliphatic carbocycles. The van der Waals surface area contributed by atoms with E-state index in [9.17, 15) is 0 Å². The minimum atomic E-state index is 0.524. The predicted molar refractivity (Wildman–Crippen MR) is 75.2 cm³/mol. The highest BCUT2D eigenvalue weighted by atomic mass is 79.9. The van der Waals surface area contributed by atoms with Gasteiger partial charge in [0.1, 0.15) is 12.4 Å². The number of ether oxygens (including phenoxy) is 2. The van der Waals surface area contributed by atoms with Crippen molar-refractivity contribution in [3.05, 3.63) is 28.8 Å². The quantitative estimate of drug-likeness (QED) is 0.551. The van der Waals surface area contributed by atoms with Crippen LogP contribution in [-0.2, 0) is 10.1 Å². The Morgan fingerprint density at radius 3 is 2.71 bits per heavy atom. The minimum Gasteiger partial charge on any atom is -0.489 e. The third kappa shape index (κ3) is 5.28. The van der Waals surface area contributed by atoms with Crippen LogP contribution in [0.5, 0.6) is 5.75 Å². The summed E-state index contributed by atoms with van der Waals surface area (Å²) >= 11 is 9.50. The van der Waals surface area contributed by atoms with E-state index < -0.39 is 0 Å². The smallest absolute Gasteiger partial charge is 0.142 e. The van der Waals surface area contributed by atoms with Gasteiger partial charge in [0, 0.05) is 17.5 Å². The lowest BCUT2D eigenvalue weighted by molar-refractivity contribution is 0.0817. The van der Waals surface area contributed by atoms with E-state index in [1.54, 1.807) is 0 Å². The Morgan fingerprint density at radius 2 is 2.06 bits per heavy atom. The van der Waals surface area contributed by atoms with E-state index in [2.05, 4.69) is 29.8 Å². The highest BCUT2D eigenvalue weighted by Gasteiger charge is 2.07. The molecule has 1 aromatic rings. The normalized spacial score (nSPS) is 10.9. The van der Waals surface area contributed by atoms with Crippen LogP contribution in [0.15, 0.2) is 18.2 Å². The fourth-order valence-electron chi connectivity index (χ4n) is 1.34. The lowest BCUT2D eigenvalue weighted by Crippen LogP contribution is -2.11. The first-order chi connectivity index (χ1) is 8.15. The first-order valence-electron chi connectivity index (χ1n) is 5.69. The highest BCUT2D eigenvalue weighted by Crippen LogP contribution is 2.29. The van der Waals surface area contributed by atoms with Crippen LogP contribution in [-0.4, -0.2) is 19.8 Å². The first kappa shape index (κ1) is 14.8. The number of hydrogen-bond acceptors (Lipinski definition) is 2. The fourth-order valence-corrected chi connectivity index (χ4v) is 2.03. The van der Waals surface area contributed by atoms with E-state index in [4.69, 9.17) is 21.1 Å². The van der Waals surface area contributed by atoms with Crippen LogP contribution in [0.2, 0.25) is 5.02 Å². The standard InChI is InChI=1S/C13H18BrClO2/c1-10(2)9-16-6-7-17-13-11(8-14)4-3-5-12(13)15/h3-5,10H,6-9H2,1-2H3. The second-order valence-electron chi connectivity index (χ2n) is 4.18. The van der Waals surface area contributed by atoms with Crippen LogP contribution >= 0.6 is 27.5 Å². The number of alkyl halides is 1. The van der Waals surface area contributed by atoms with Gasteiger partial charge in [0.05, 0.1) is 11.6 Å². The molecule has 0 aromatic heterocycles. The van der Waals surface area contributed by atoms with Crippen LogP contribution in [0.4, 0.5) is 0 Å². The lowest BCUT2D eigenvalue weighted by atomic mass is 10.2. The Labute approximate surface area is 116 Å². The van der Waals surface area contributed by atoms with E-state index >= 15 is 0 Å². The maximum Gasteiger partial charge on any atom is 0.142 e. The zero-order chi connectivity index (χ0) is 12.7. The molecular weight excluding hydrogens is 303 g/mol. The molecule has 96 valence electrons. The van der Waals surface area contributed by atoms with E-state index in [0.717, 1.165) is 23.2 Å². The Kier molecular flexibility index (Phi) is 6.93. The van der Waals surface area contributed by atoms with Crippen molar-refractivity contribution < 1.29 is 9.47 Å². The largest absolute Gasteiger partial charge is 0.489 e. The molecule has 4 heteroatoms. The van der Waals surface area contributed by atoms with Gasteiger partial charge < -0.3 is 9.47 Å². The molecule has 0 atom stereocenters. The average molecular weight is 322 g/mol. The molecule has 2 nitrogen and oxygen atoms in total. The summed E-state index contributed by atoms with van der Waals surface area (Å²) in [6.45, 7) is 6.12. The average Bonchev–Trinajstić information content (AvgIpc) is 2.30. The summed E-state index contributed by atoms with van der Waals surface area (Å²) in [5.41, 5.74) is 1.06. The molecule has 0 fully saturated rings. The topological polar surface area (TPSA) is 18.5 Å². The van der Waals surface area contributed by atoms with E-state index in [0.29, 0.717) is 24.2 Å². The molecule has 17 heavy (non-hydrogen) atoms. The van der Waals surface area contributed by atoms with Crippen molar-refractivity contribution in [2.24, 2.45) is 5.92 Å². The second kappa shape index (κ2) is 7.96. The molecule has 0 aliphatic rings. The zero-order valence-corrected chi connectivity index (χ0v) is 12.6. The van der Waals surface area contributed by atoms with E-state index in [-0.39, 0.29) is 0 Å². The van der Waals surface area contributed by atoms with Crippen LogP contribution in [0.1, 0.15) is 19.4 Å². The van der Waals surface area contributed by atoms with Crippen LogP contribution in [0.3, 0.4) is 0 Å². The highest BCUT2D eigenvalue weighted by molar-refractivity contribution is 9.08. The van der Waals surface area contributed by atoms with Crippen molar-refractivity contribution in [1.29, 1.82) is 0 Å². The fraction of sp³-hybridized carbons (Fsp3) is 0.538. The van der Waals surface area contributed by atoms with Gasteiger partial charge >= 0.3 is 0 Å². The maximum absolute atomic E-state index is 6.08. The van der Waals surface area contributed by atoms with Crippen molar-refractivity contribution >= 4 is 27.5 Å². The number of para-hydroxylation sites is 1. The molecule has 0 heterocycles. The molecule has 0 saturated carbocycles. The molecule has 1 rings (SSSR count). The van der Waals surface area contributed by atoms with Gasteiger partial charge in [-0.3, -0.25) is 0 Å². The Balaban J connectivity index is 2.40. The van der Waals surface area contributed by atoms with Crippen molar-refractivity contribution in [3.63, 3.8) is 0 Å². The lowest BCUT2D eigenvalue weighted by Gasteiger charge is -2.12. The van der Waals surface area contributed by atoms with Crippen LogP contribution in [0.25, 0.3) is 0 Å². The molecule has 0 unspecified atom stereocenters.